The van der Waals surface area contributed by atoms with Gasteiger partial charge in [-0.05, 0) is 54.4 Å². The molecule has 0 aliphatic carbocycles. The molecule has 1 amide bonds. The Morgan fingerprint density at radius 3 is 2.61 bits per heavy atom. The van der Waals surface area contributed by atoms with Gasteiger partial charge in [-0.3, -0.25) is 9.78 Å². The van der Waals surface area contributed by atoms with Crippen LogP contribution in [0.3, 0.4) is 0 Å². The minimum Gasteiger partial charge on any atom is -0.494 e. The third-order valence-corrected chi connectivity index (χ3v) is 4.42. The number of ether oxygens (including phenoxy) is 3. The van der Waals surface area contributed by atoms with Crippen molar-refractivity contribution in [2.24, 2.45) is 5.10 Å². The summed E-state index contributed by atoms with van der Waals surface area (Å²) in [5.74, 6) is 0.288. The zero-order valence-electron chi connectivity index (χ0n) is 18.4. The average Bonchev–Trinajstić information content (AvgIpc) is 2.85. The largest absolute Gasteiger partial charge is 0.494 e. The highest BCUT2D eigenvalue weighted by molar-refractivity contribution is 5.93. The molecule has 0 fully saturated rings. The number of unbranched alkanes of at least 4 members (excludes halogenated alkanes) is 1. The quantitative estimate of drug-likeness (QED) is 0.166. The highest BCUT2D eigenvalue weighted by Crippen LogP contribution is 2.28. The van der Waals surface area contributed by atoms with Crippen LogP contribution in [0.4, 0.5) is 0 Å². The van der Waals surface area contributed by atoms with Crippen molar-refractivity contribution in [1.29, 1.82) is 0 Å². The fourth-order valence-electron chi connectivity index (χ4n) is 2.67. The molecule has 0 spiro atoms. The highest BCUT2D eigenvalue weighted by Gasteiger charge is 2.13. The topological polar surface area (TPSA) is 112 Å². The molecule has 33 heavy (non-hydrogen) atoms. The summed E-state index contributed by atoms with van der Waals surface area (Å²) in [6.45, 7) is 2.73. The van der Waals surface area contributed by atoms with Crippen LogP contribution < -0.4 is 19.6 Å². The van der Waals surface area contributed by atoms with Crippen LogP contribution in [0.25, 0.3) is 0 Å². The molecular formula is C24H24N4O5. The van der Waals surface area contributed by atoms with Crippen LogP contribution in [-0.2, 0) is 0 Å². The summed E-state index contributed by atoms with van der Waals surface area (Å²) in [7, 11) is 1.46. The van der Waals surface area contributed by atoms with Crippen LogP contribution in [0.15, 0.2) is 66.2 Å². The highest BCUT2D eigenvalue weighted by atomic mass is 16.6. The van der Waals surface area contributed by atoms with E-state index in [1.54, 1.807) is 42.5 Å². The predicted octanol–water partition coefficient (Wildman–Crippen LogP) is 3.65. The number of hydrogen-bond acceptors (Lipinski definition) is 8. The van der Waals surface area contributed by atoms with Gasteiger partial charge in [0, 0.05) is 12.4 Å². The van der Waals surface area contributed by atoms with Crippen LogP contribution >= 0.6 is 0 Å². The normalized spacial score (nSPS) is 10.6. The third-order valence-electron chi connectivity index (χ3n) is 4.42. The Bertz CT molecular complexity index is 1100. The Morgan fingerprint density at radius 1 is 1.09 bits per heavy atom. The number of nitrogens with zero attached hydrogens (tertiary/aromatic N) is 3. The van der Waals surface area contributed by atoms with E-state index in [0.29, 0.717) is 29.2 Å². The van der Waals surface area contributed by atoms with E-state index in [4.69, 9.17) is 14.2 Å². The van der Waals surface area contributed by atoms with Crippen molar-refractivity contribution in [2.45, 2.75) is 19.8 Å². The number of aromatic nitrogens is 2. The summed E-state index contributed by atoms with van der Waals surface area (Å²) in [4.78, 5) is 32.2. The van der Waals surface area contributed by atoms with Gasteiger partial charge in [0.15, 0.2) is 11.5 Å². The summed E-state index contributed by atoms with van der Waals surface area (Å²) in [6.07, 6.45) is 7.68. The standard InChI is InChI=1S/C24H24N4O5/c1-3-4-13-32-19-8-6-18(7-9-19)24(30)33-21-10-5-17(14-22(21)31-2)15-27-28-23(29)20-16-25-11-12-26-20/h5-12,14-16H,3-4,13H2,1-2H3,(H,28,29)/b27-15+. The zero-order valence-corrected chi connectivity index (χ0v) is 18.4. The maximum atomic E-state index is 12.5. The second-order valence-corrected chi connectivity index (χ2v) is 6.82. The van der Waals surface area contributed by atoms with Crippen molar-refractivity contribution in [3.8, 4) is 17.2 Å². The first-order valence-electron chi connectivity index (χ1n) is 10.3. The number of carbonyl (C=O) groups is 2. The van der Waals surface area contributed by atoms with Gasteiger partial charge in [0.1, 0.15) is 11.4 Å². The van der Waals surface area contributed by atoms with Crippen LogP contribution in [0.2, 0.25) is 0 Å². The lowest BCUT2D eigenvalue weighted by atomic mass is 10.2. The maximum Gasteiger partial charge on any atom is 0.343 e. The van der Waals surface area contributed by atoms with Crippen LogP contribution in [0.5, 0.6) is 17.2 Å². The number of benzene rings is 2. The first-order chi connectivity index (χ1) is 16.1. The smallest absolute Gasteiger partial charge is 0.343 e. The number of methoxy groups -OCH3 is 1. The molecule has 0 atom stereocenters. The SMILES string of the molecule is CCCCOc1ccc(C(=O)Oc2ccc(/C=N/NC(=O)c3cnccn3)cc2OC)cc1. The summed E-state index contributed by atoms with van der Waals surface area (Å²) < 4.78 is 16.4. The number of esters is 1. The fraction of sp³-hybridized carbons (Fsp3) is 0.208. The minimum atomic E-state index is -0.522. The van der Waals surface area contributed by atoms with E-state index in [0.717, 1.165) is 12.8 Å². The molecule has 0 saturated heterocycles. The second kappa shape index (κ2) is 11.9. The zero-order chi connectivity index (χ0) is 23.5. The summed E-state index contributed by atoms with van der Waals surface area (Å²) in [6, 6.07) is 11.7. The lowest BCUT2D eigenvalue weighted by Gasteiger charge is -2.10. The molecule has 0 aliphatic rings. The molecule has 2 aromatic carbocycles. The molecule has 3 aromatic rings. The van der Waals surface area contributed by atoms with E-state index < -0.39 is 11.9 Å². The van der Waals surface area contributed by atoms with Crippen LogP contribution in [0.1, 0.15) is 46.2 Å². The predicted molar refractivity (Wildman–Crippen MR) is 122 cm³/mol. The molecular weight excluding hydrogens is 424 g/mol. The molecule has 9 heteroatoms. The molecule has 0 radical (unpaired) electrons. The van der Waals surface area contributed by atoms with Crippen molar-refractivity contribution in [3.63, 3.8) is 0 Å². The molecule has 1 heterocycles. The van der Waals surface area contributed by atoms with Gasteiger partial charge in [0.05, 0.1) is 31.7 Å². The van der Waals surface area contributed by atoms with E-state index in [1.165, 1.54) is 31.9 Å². The van der Waals surface area contributed by atoms with Crippen molar-refractivity contribution in [1.82, 2.24) is 15.4 Å². The lowest BCUT2D eigenvalue weighted by molar-refractivity contribution is 0.0729. The number of hydrogen-bond donors (Lipinski definition) is 1. The van der Waals surface area contributed by atoms with E-state index in [-0.39, 0.29) is 11.4 Å². The molecule has 3 rings (SSSR count). The Kier molecular flexibility index (Phi) is 8.47. The number of amides is 1. The van der Waals surface area contributed by atoms with Crippen molar-refractivity contribution in [2.75, 3.05) is 13.7 Å². The monoisotopic (exact) mass is 448 g/mol. The molecule has 0 bridgehead atoms. The van der Waals surface area contributed by atoms with Crippen LogP contribution in [-0.4, -0.2) is 41.8 Å². The van der Waals surface area contributed by atoms with Gasteiger partial charge in [0.2, 0.25) is 0 Å². The molecule has 170 valence electrons. The maximum absolute atomic E-state index is 12.5. The van der Waals surface area contributed by atoms with E-state index >= 15 is 0 Å². The first kappa shape index (κ1) is 23.4. The lowest BCUT2D eigenvalue weighted by Crippen LogP contribution is -2.19. The minimum absolute atomic E-state index is 0.148. The van der Waals surface area contributed by atoms with Crippen LogP contribution in [0, 0.1) is 0 Å². The van der Waals surface area contributed by atoms with E-state index in [2.05, 4.69) is 27.4 Å². The van der Waals surface area contributed by atoms with Crippen molar-refractivity contribution in [3.05, 3.63) is 77.9 Å². The number of carbonyl (C=O) groups excluding carboxylic acids is 2. The molecule has 0 aliphatic heterocycles. The fourth-order valence-corrected chi connectivity index (χ4v) is 2.67. The molecule has 0 saturated carbocycles. The Labute approximate surface area is 191 Å². The Balaban J connectivity index is 1.61. The number of hydrazone groups is 1. The summed E-state index contributed by atoms with van der Waals surface area (Å²) in [5, 5.41) is 3.90. The van der Waals surface area contributed by atoms with Gasteiger partial charge < -0.3 is 14.2 Å². The van der Waals surface area contributed by atoms with Gasteiger partial charge in [-0.25, -0.2) is 15.2 Å². The first-order valence-corrected chi connectivity index (χ1v) is 10.3. The summed E-state index contributed by atoms with van der Waals surface area (Å²) in [5.41, 5.74) is 3.52. The Morgan fingerprint density at radius 2 is 1.91 bits per heavy atom. The van der Waals surface area contributed by atoms with Gasteiger partial charge in [0.25, 0.3) is 5.91 Å². The molecule has 1 aromatic heterocycles. The average molecular weight is 448 g/mol. The molecule has 0 unspecified atom stereocenters. The van der Waals surface area contributed by atoms with E-state index in [9.17, 15) is 9.59 Å². The van der Waals surface area contributed by atoms with Crippen molar-refractivity contribution >= 4 is 18.1 Å². The van der Waals surface area contributed by atoms with Gasteiger partial charge in [-0.2, -0.15) is 5.10 Å². The second-order valence-electron chi connectivity index (χ2n) is 6.82. The number of rotatable bonds is 10. The van der Waals surface area contributed by atoms with Crippen molar-refractivity contribution < 1.29 is 23.8 Å². The van der Waals surface area contributed by atoms with Gasteiger partial charge in [-0.15, -0.1) is 0 Å². The van der Waals surface area contributed by atoms with Gasteiger partial charge >= 0.3 is 5.97 Å². The number of nitrogens with one attached hydrogen (secondary N) is 1. The summed E-state index contributed by atoms with van der Waals surface area (Å²) >= 11 is 0. The van der Waals surface area contributed by atoms with Gasteiger partial charge in [-0.1, -0.05) is 13.3 Å². The Hall–Kier alpha value is -4.27. The molecule has 9 nitrogen and oxygen atoms in total. The molecule has 1 N–H and O–H groups in total. The third kappa shape index (κ3) is 6.86. The van der Waals surface area contributed by atoms with E-state index in [1.807, 2.05) is 0 Å².